The lowest BCUT2D eigenvalue weighted by atomic mass is 10.3. The van der Waals surface area contributed by atoms with Crippen molar-refractivity contribution in [3.05, 3.63) is 30.3 Å². The van der Waals surface area contributed by atoms with E-state index in [1.54, 1.807) is 4.90 Å². The molecule has 3 nitrogen and oxygen atoms in total. The van der Waals surface area contributed by atoms with E-state index >= 15 is 0 Å². The number of likely N-dealkylation sites (tertiary alicyclic amines) is 1. The number of hydrogen-bond donors (Lipinski definition) is 0. The summed E-state index contributed by atoms with van der Waals surface area (Å²) in [6.07, 6.45) is 2.90. The van der Waals surface area contributed by atoms with Gasteiger partial charge in [-0.15, -0.1) is 0 Å². The van der Waals surface area contributed by atoms with Crippen LogP contribution in [-0.2, 0) is 4.79 Å². The number of nitrogens with zero attached hydrogens (tertiary/aromatic N) is 1. The predicted molar refractivity (Wildman–Crippen MR) is 52.7 cm³/mol. The number of rotatable bonds is 3. The van der Waals surface area contributed by atoms with E-state index in [9.17, 15) is 4.79 Å². The Balaban J connectivity index is 1.90. The lowest BCUT2D eigenvalue weighted by Gasteiger charge is -2.12. The fourth-order valence-corrected chi connectivity index (χ4v) is 1.60. The van der Waals surface area contributed by atoms with Crippen molar-refractivity contribution in [2.75, 3.05) is 13.1 Å². The quantitative estimate of drug-likeness (QED) is 0.717. The van der Waals surface area contributed by atoms with E-state index in [-0.39, 0.29) is 6.10 Å². The summed E-state index contributed by atoms with van der Waals surface area (Å²) in [6.45, 7) is 1.40. The summed E-state index contributed by atoms with van der Waals surface area (Å²) < 4.78 is 5.69. The molecule has 1 unspecified atom stereocenters. The van der Waals surface area contributed by atoms with E-state index < -0.39 is 0 Å². The Morgan fingerprint density at radius 3 is 2.79 bits per heavy atom. The molecule has 1 heterocycles. The van der Waals surface area contributed by atoms with Crippen LogP contribution in [0.25, 0.3) is 0 Å². The first-order valence-corrected chi connectivity index (χ1v) is 4.73. The number of hydrogen-bond acceptors (Lipinski definition) is 2. The zero-order valence-corrected chi connectivity index (χ0v) is 7.85. The Morgan fingerprint density at radius 1 is 1.36 bits per heavy atom. The molecule has 2 rings (SSSR count). The topological polar surface area (TPSA) is 29.5 Å². The van der Waals surface area contributed by atoms with Crippen LogP contribution in [-0.4, -0.2) is 30.5 Å². The Hall–Kier alpha value is -1.51. The van der Waals surface area contributed by atoms with Gasteiger partial charge >= 0.3 is 6.41 Å². The second kappa shape index (κ2) is 4.13. The van der Waals surface area contributed by atoms with Gasteiger partial charge in [-0.25, -0.2) is 0 Å². The molecule has 0 bridgehead atoms. The van der Waals surface area contributed by atoms with Crippen molar-refractivity contribution >= 4 is 6.41 Å². The van der Waals surface area contributed by atoms with Crippen molar-refractivity contribution in [3.8, 4) is 5.75 Å². The van der Waals surface area contributed by atoms with Crippen molar-refractivity contribution in [3.63, 3.8) is 0 Å². The van der Waals surface area contributed by atoms with Crippen molar-refractivity contribution < 1.29 is 9.53 Å². The summed E-state index contributed by atoms with van der Waals surface area (Å²) in [7, 11) is 0. The van der Waals surface area contributed by atoms with Gasteiger partial charge in [0.2, 0.25) is 0 Å². The summed E-state index contributed by atoms with van der Waals surface area (Å²) in [6, 6.07) is 9.68. The van der Waals surface area contributed by atoms with E-state index in [1.165, 1.54) is 0 Å². The molecule has 3 heteroatoms. The molecule has 73 valence electrons. The van der Waals surface area contributed by atoms with Crippen LogP contribution in [0.3, 0.4) is 0 Å². The number of ether oxygens (including phenoxy) is 1. The molecule has 0 saturated carbocycles. The minimum atomic E-state index is 0.124. The van der Waals surface area contributed by atoms with E-state index in [0.717, 1.165) is 18.7 Å². The van der Waals surface area contributed by atoms with Crippen LogP contribution in [0.4, 0.5) is 0 Å². The average Bonchev–Trinajstić information content (AvgIpc) is 2.67. The first-order chi connectivity index (χ1) is 6.88. The lowest BCUT2D eigenvalue weighted by molar-refractivity contribution is 0.213. The van der Waals surface area contributed by atoms with E-state index in [0.29, 0.717) is 6.54 Å². The first-order valence-electron chi connectivity index (χ1n) is 4.73. The molecule has 1 aliphatic rings. The summed E-state index contributed by atoms with van der Waals surface area (Å²) in [5, 5.41) is 0. The van der Waals surface area contributed by atoms with Gasteiger partial charge in [0.15, 0.2) is 0 Å². The number of carbonyl (C=O) groups excluding carboxylic acids is 1. The number of amides is 1. The SMILES string of the molecule is O=[C]N1CCC(Oc2ccccc2)C1. The summed E-state index contributed by atoms with van der Waals surface area (Å²) in [5.41, 5.74) is 0. The van der Waals surface area contributed by atoms with Crippen LogP contribution in [0.15, 0.2) is 30.3 Å². The maximum Gasteiger partial charge on any atom is 0.312 e. The molecule has 0 spiro atoms. The molecule has 1 fully saturated rings. The van der Waals surface area contributed by atoms with E-state index in [4.69, 9.17) is 4.74 Å². The molecule has 1 aromatic rings. The van der Waals surface area contributed by atoms with Crippen LogP contribution < -0.4 is 4.74 Å². The molecular weight excluding hydrogens is 178 g/mol. The van der Waals surface area contributed by atoms with Crippen molar-refractivity contribution in [1.82, 2.24) is 4.90 Å². The van der Waals surface area contributed by atoms with Crippen LogP contribution in [0.1, 0.15) is 6.42 Å². The third-order valence-electron chi connectivity index (χ3n) is 2.32. The second-order valence-electron chi connectivity index (χ2n) is 3.38. The van der Waals surface area contributed by atoms with Crippen molar-refractivity contribution in [2.45, 2.75) is 12.5 Å². The second-order valence-corrected chi connectivity index (χ2v) is 3.38. The van der Waals surface area contributed by atoms with Gasteiger partial charge in [0.25, 0.3) is 0 Å². The van der Waals surface area contributed by atoms with Crippen molar-refractivity contribution in [2.24, 2.45) is 0 Å². The zero-order chi connectivity index (χ0) is 9.80. The highest BCUT2D eigenvalue weighted by atomic mass is 16.5. The Kier molecular flexibility index (Phi) is 2.68. The number of benzene rings is 1. The van der Waals surface area contributed by atoms with E-state index in [2.05, 4.69) is 0 Å². The van der Waals surface area contributed by atoms with Gasteiger partial charge in [-0.1, -0.05) is 18.2 Å². The van der Waals surface area contributed by atoms with Gasteiger partial charge in [-0.05, 0) is 12.1 Å². The molecule has 0 aliphatic carbocycles. The lowest BCUT2D eigenvalue weighted by Crippen LogP contribution is -2.23. The highest BCUT2D eigenvalue weighted by Gasteiger charge is 2.22. The minimum absolute atomic E-state index is 0.124. The maximum absolute atomic E-state index is 10.4. The van der Waals surface area contributed by atoms with Crippen LogP contribution in [0.5, 0.6) is 5.75 Å². The molecule has 1 saturated heterocycles. The van der Waals surface area contributed by atoms with Gasteiger partial charge in [0, 0.05) is 13.0 Å². The third-order valence-corrected chi connectivity index (χ3v) is 2.32. The first kappa shape index (κ1) is 9.06. The summed E-state index contributed by atoms with van der Waals surface area (Å²) in [5.74, 6) is 0.866. The number of para-hydroxylation sites is 1. The molecule has 14 heavy (non-hydrogen) atoms. The van der Waals surface area contributed by atoms with Gasteiger partial charge < -0.3 is 9.64 Å². The van der Waals surface area contributed by atoms with Crippen molar-refractivity contribution in [1.29, 1.82) is 0 Å². The Bertz CT molecular complexity index is 299. The molecule has 0 N–H and O–H groups in total. The molecular formula is C11H12NO2. The standard InChI is InChI=1S/C11H12NO2/c13-9-12-7-6-11(8-12)14-10-4-2-1-3-5-10/h1-5,11H,6-8H2. The fraction of sp³-hybridized carbons (Fsp3) is 0.364. The molecule has 1 aliphatic heterocycles. The van der Waals surface area contributed by atoms with Gasteiger partial charge in [-0.2, -0.15) is 0 Å². The minimum Gasteiger partial charge on any atom is -0.489 e. The Labute approximate surface area is 83.3 Å². The smallest absolute Gasteiger partial charge is 0.312 e. The van der Waals surface area contributed by atoms with Crippen LogP contribution in [0, 0.1) is 0 Å². The maximum atomic E-state index is 10.4. The molecule has 1 radical (unpaired) electrons. The Morgan fingerprint density at radius 2 is 2.14 bits per heavy atom. The third kappa shape index (κ3) is 2.05. The highest BCUT2D eigenvalue weighted by Crippen LogP contribution is 2.16. The monoisotopic (exact) mass is 190 g/mol. The molecule has 1 amide bonds. The average molecular weight is 190 g/mol. The van der Waals surface area contributed by atoms with Gasteiger partial charge in [-0.3, -0.25) is 4.79 Å². The normalized spacial score (nSPS) is 20.9. The fourth-order valence-electron chi connectivity index (χ4n) is 1.60. The van der Waals surface area contributed by atoms with E-state index in [1.807, 2.05) is 36.7 Å². The zero-order valence-electron chi connectivity index (χ0n) is 7.85. The van der Waals surface area contributed by atoms with Gasteiger partial charge in [0.05, 0.1) is 6.54 Å². The predicted octanol–water partition coefficient (Wildman–Crippen LogP) is 1.21. The van der Waals surface area contributed by atoms with Crippen LogP contribution >= 0.6 is 0 Å². The summed E-state index contributed by atoms with van der Waals surface area (Å²) in [4.78, 5) is 12.0. The highest BCUT2D eigenvalue weighted by molar-refractivity contribution is 5.48. The van der Waals surface area contributed by atoms with Crippen LogP contribution in [0.2, 0.25) is 0 Å². The molecule has 1 atom stereocenters. The molecule has 1 aromatic carbocycles. The molecule has 0 aromatic heterocycles. The summed E-state index contributed by atoms with van der Waals surface area (Å²) >= 11 is 0. The largest absolute Gasteiger partial charge is 0.489 e. The van der Waals surface area contributed by atoms with Gasteiger partial charge in [0.1, 0.15) is 11.9 Å².